The van der Waals surface area contributed by atoms with Crippen LogP contribution in [-0.2, 0) is 0 Å². The van der Waals surface area contributed by atoms with Gasteiger partial charge in [-0.2, -0.15) is 0 Å². The standard InChI is InChI=1S/C18H16BrNO2/c1-3-17(22)18-11(2)20(13-6-4-5-12(19)9-13)16-8-7-14(21)10-15(16)18/h4-10,21H,3H2,1-2H3. The summed E-state index contributed by atoms with van der Waals surface area (Å²) in [4.78, 5) is 12.4. The third-order valence-corrected chi connectivity index (χ3v) is 4.35. The maximum absolute atomic E-state index is 12.4. The molecule has 0 aliphatic carbocycles. The third-order valence-electron chi connectivity index (χ3n) is 3.85. The molecule has 0 bridgehead atoms. The Morgan fingerprint density at radius 1 is 1.23 bits per heavy atom. The van der Waals surface area contributed by atoms with Crippen LogP contribution in [0.5, 0.6) is 5.75 Å². The zero-order valence-electron chi connectivity index (χ0n) is 12.4. The highest BCUT2D eigenvalue weighted by molar-refractivity contribution is 9.10. The van der Waals surface area contributed by atoms with E-state index in [1.54, 1.807) is 12.1 Å². The summed E-state index contributed by atoms with van der Waals surface area (Å²) in [6.45, 7) is 3.80. The molecule has 1 N–H and O–H groups in total. The predicted molar refractivity (Wildman–Crippen MR) is 92.0 cm³/mol. The Hall–Kier alpha value is -2.07. The number of hydrogen-bond acceptors (Lipinski definition) is 2. The van der Waals surface area contributed by atoms with Crippen molar-refractivity contribution >= 4 is 32.6 Å². The van der Waals surface area contributed by atoms with E-state index in [1.807, 2.05) is 44.2 Å². The molecule has 3 rings (SSSR count). The minimum atomic E-state index is 0.0850. The molecule has 0 saturated heterocycles. The van der Waals surface area contributed by atoms with Gasteiger partial charge in [0.25, 0.3) is 0 Å². The van der Waals surface area contributed by atoms with Crippen LogP contribution in [0.1, 0.15) is 29.4 Å². The van der Waals surface area contributed by atoms with Gasteiger partial charge in [-0.05, 0) is 43.3 Å². The third kappa shape index (κ3) is 2.33. The molecule has 0 radical (unpaired) electrons. The first kappa shape index (κ1) is 14.9. The zero-order valence-corrected chi connectivity index (χ0v) is 14.0. The van der Waals surface area contributed by atoms with E-state index in [-0.39, 0.29) is 11.5 Å². The Morgan fingerprint density at radius 3 is 2.68 bits per heavy atom. The number of carbonyl (C=O) groups is 1. The van der Waals surface area contributed by atoms with Crippen LogP contribution in [0.3, 0.4) is 0 Å². The molecule has 4 heteroatoms. The smallest absolute Gasteiger partial charge is 0.165 e. The number of hydrogen-bond donors (Lipinski definition) is 1. The number of benzene rings is 2. The first-order valence-electron chi connectivity index (χ1n) is 7.16. The number of phenols is 1. The summed E-state index contributed by atoms with van der Waals surface area (Å²) in [5.74, 6) is 0.255. The van der Waals surface area contributed by atoms with E-state index in [9.17, 15) is 9.90 Å². The number of Topliss-reactive ketones (excluding diaryl/α,β-unsaturated/α-hetero) is 1. The summed E-state index contributed by atoms with van der Waals surface area (Å²) in [6.07, 6.45) is 0.439. The normalized spacial score (nSPS) is 11.0. The lowest BCUT2D eigenvalue weighted by atomic mass is 10.1. The molecule has 0 fully saturated rings. The Labute approximate surface area is 137 Å². The summed E-state index contributed by atoms with van der Waals surface area (Å²) >= 11 is 3.49. The summed E-state index contributed by atoms with van der Waals surface area (Å²) in [5, 5.41) is 10.6. The van der Waals surface area contributed by atoms with Crippen molar-refractivity contribution in [2.24, 2.45) is 0 Å². The van der Waals surface area contributed by atoms with Gasteiger partial charge in [-0.15, -0.1) is 0 Å². The molecule has 0 spiro atoms. The van der Waals surface area contributed by atoms with E-state index in [1.165, 1.54) is 0 Å². The van der Waals surface area contributed by atoms with Gasteiger partial charge >= 0.3 is 0 Å². The van der Waals surface area contributed by atoms with Crippen molar-refractivity contribution in [2.45, 2.75) is 20.3 Å². The minimum absolute atomic E-state index is 0.0850. The van der Waals surface area contributed by atoms with E-state index < -0.39 is 0 Å². The topological polar surface area (TPSA) is 42.2 Å². The second-order valence-corrected chi connectivity index (χ2v) is 6.17. The molecule has 1 heterocycles. The van der Waals surface area contributed by atoms with Crippen molar-refractivity contribution in [3.05, 3.63) is 58.2 Å². The van der Waals surface area contributed by atoms with Gasteiger partial charge in [-0.1, -0.05) is 28.9 Å². The maximum atomic E-state index is 12.4. The molecular formula is C18H16BrNO2. The van der Waals surface area contributed by atoms with Crippen LogP contribution in [0.15, 0.2) is 46.9 Å². The Bertz CT molecular complexity index is 880. The van der Waals surface area contributed by atoms with Crippen LogP contribution in [0.2, 0.25) is 0 Å². The molecule has 0 aliphatic rings. The van der Waals surface area contributed by atoms with Gasteiger partial charge in [-0.25, -0.2) is 0 Å². The van der Waals surface area contributed by atoms with Crippen molar-refractivity contribution < 1.29 is 9.90 Å². The van der Waals surface area contributed by atoms with E-state index in [2.05, 4.69) is 20.5 Å². The lowest BCUT2D eigenvalue weighted by Gasteiger charge is -2.09. The quantitative estimate of drug-likeness (QED) is 0.670. The number of phenolic OH excluding ortho intramolecular Hbond substituents is 1. The van der Waals surface area contributed by atoms with E-state index in [0.717, 1.165) is 26.8 Å². The molecule has 3 aromatic rings. The highest BCUT2D eigenvalue weighted by atomic mass is 79.9. The largest absolute Gasteiger partial charge is 0.508 e. The molecule has 112 valence electrons. The number of nitrogens with zero attached hydrogens (tertiary/aromatic N) is 1. The van der Waals surface area contributed by atoms with Crippen molar-refractivity contribution in [2.75, 3.05) is 0 Å². The summed E-state index contributed by atoms with van der Waals surface area (Å²) in [5.41, 5.74) is 3.49. The molecule has 0 amide bonds. The number of ketones is 1. The van der Waals surface area contributed by atoms with Gasteiger partial charge in [0.05, 0.1) is 5.52 Å². The number of aromatic hydroxyl groups is 1. The van der Waals surface area contributed by atoms with Gasteiger partial charge in [-0.3, -0.25) is 4.79 Å². The van der Waals surface area contributed by atoms with Crippen LogP contribution < -0.4 is 0 Å². The molecule has 3 nitrogen and oxygen atoms in total. The predicted octanol–water partition coefficient (Wildman–Crippen LogP) is 5.00. The highest BCUT2D eigenvalue weighted by Crippen LogP contribution is 2.33. The maximum Gasteiger partial charge on any atom is 0.165 e. The van der Waals surface area contributed by atoms with Crippen molar-refractivity contribution in [1.29, 1.82) is 0 Å². The van der Waals surface area contributed by atoms with Crippen molar-refractivity contribution in [1.82, 2.24) is 4.57 Å². The number of carbonyl (C=O) groups excluding carboxylic acids is 1. The van der Waals surface area contributed by atoms with Crippen LogP contribution >= 0.6 is 15.9 Å². The molecule has 22 heavy (non-hydrogen) atoms. The lowest BCUT2D eigenvalue weighted by molar-refractivity contribution is 0.0989. The molecule has 0 atom stereocenters. The van der Waals surface area contributed by atoms with Gasteiger partial charge in [0.15, 0.2) is 5.78 Å². The molecular weight excluding hydrogens is 342 g/mol. The number of rotatable bonds is 3. The first-order valence-corrected chi connectivity index (χ1v) is 7.95. The number of aromatic nitrogens is 1. The number of fused-ring (bicyclic) bond motifs is 1. The Kier molecular flexibility index (Phi) is 3.79. The van der Waals surface area contributed by atoms with Crippen molar-refractivity contribution in [3.63, 3.8) is 0 Å². The Balaban J connectivity index is 2.40. The van der Waals surface area contributed by atoms with Gasteiger partial charge in [0.1, 0.15) is 5.75 Å². The second-order valence-electron chi connectivity index (χ2n) is 5.25. The summed E-state index contributed by atoms with van der Waals surface area (Å²) in [7, 11) is 0. The average Bonchev–Trinajstić information content (AvgIpc) is 2.77. The molecule has 0 aliphatic heterocycles. The summed E-state index contributed by atoms with van der Waals surface area (Å²) in [6, 6.07) is 13.1. The van der Waals surface area contributed by atoms with Crippen LogP contribution in [0.4, 0.5) is 0 Å². The molecule has 2 aromatic carbocycles. The van der Waals surface area contributed by atoms with E-state index in [0.29, 0.717) is 12.0 Å². The summed E-state index contributed by atoms with van der Waals surface area (Å²) < 4.78 is 3.04. The minimum Gasteiger partial charge on any atom is -0.508 e. The molecule has 0 unspecified atom stereocenters. The van der Waals surface area contributed by atoms with Gasteiger partial charge in [0.2, 0.25) is 0 Å². The van der Waals surface area contributed by atoms with E-state index >= 15 is 0 Å². The van der Waals surface area contributed by atoms with Gasteiger partial charge < -0.3 is 9.67 Å². The Morgan fingerprint density at radius 2 is 2.00 bits per heavy atom. The highest BCUT2D eigenvalue weighted by Gasteiger charge is 2.20. The fourth-order valence-corrected chi connectivity index (χ4v) is 3.27. The SMILES string of the molecule is CCC(=O)c1c(C)n(-c2cccc(Br)c2)c2ccc(O)cc12. The molecule has 0 saturated carbocycles. The fraction of sp³-hybridized carbons (Fsp3) is 0.167. The fourth-order valence-electron chi connectivity index (χ4n) is 2.88. The monoisotopic (exact) mass is 357 g/mol. The van der Waals surface area contributed by atoms with Crippen LogP contribution in [0, 0.1) is 6.92 Å². The number of halogens is 1. The van der Waals surface area contributed by atoms with Crippen LogP contribution in [0.25, 0.3) is 16.6 Å². The lowest BCUT2D eigenvalue weighted by Crippen LogP contribution is -2.01. The average molecular weight is 358 g/mol. The van der Waals surface area contributed by atoms with Crippen LogP contribution in [-0.4, -0.2) is 15.5 Å². The second kappa shape index (κ2) is 5.61. The zero-order chi connectivity index (χ0) is 15.9. The van der Waals surface area contributed by atoms with Crippen molar-refractivity contribution in [3.8, 4) is 11.4 Å². The van der Waals surface area contributed by atoms with E-state index in [4.69, 9.17) is 0 Å². The molecule has 1 aromatic heterocycles. The van der Waals surface area contributed by atoms with Gasteiger partial charge in [0, 0.05) is 33.2 Å². The first-order chi connectivity index (χ1) is 10.5.